The summed E-state index contributed by atoms with van der Waals surface area (Å²) in [7, 11) is 4.67. The van der Waals surface area contributed by atoms with Crippen LogP contribution in [0.15, 0.2) is 42.5 Å². The van der Waals surface area contributed by atoms with E-state index in [4.69, 9.17) is 14.2 Å². The third kappa shape index (κ3) is 2.91. The molecule has 0 aliphatic heterocycles. The smallest absolute Gasteiger partial charge is 0.193 e. The summed E-state index contributed by atoms with van der Waals surface area (Å²) in [5, 5.41) is 0. The van der Waals surface area contributed by atoms with E-state index in [1.165, 1.54) is 0 Å². The molecule has 2 aromatic rings. The average Bonchev–Trinajstić information content (AvgIpc) is 2.53. The summed E-state index contributed by atoms with van der Waals surface area (Å²) < 4.78 is 15.5. The lowest BCUT2D eigenvalue weighted by Crippen LogP contribution is -2.02. The topological polar surface area (TPSA) is 44.8 Å². The van der Waals surface area contributed by atoms with E-state index in [0.29, 0.717) is 28.4 Å². The molecule has 0 heterocycles. The van der Waals surface area contributed by atoms with E-state index in [1.807, 2.05) is 0 Å². The summed E-state index contributed by atoms with van der Waals surface area (Å²) in [4.78, 5) is 12.5. The van der Waals surface area contributed by atoms with Gasteiger partial charge in [0.15, 0.2) is 5.78 Å². The van der Waals surface area contributed by atoms with Crippen molar-refractivity contribution >= 4 is 5.78 Å². The van der Waals surface area contributed by atoms with Crippen LogP contribution >= 0.6 is 0 Å². The first-order valence-corrected chi connectivity index (χ1v) is 6.09. The number of rotatable bonds is 5. The Bertz CT molecular complexity index is 597. The zero-order valence-electron chi connectivity index (χ0n) is 11.7. The van der Waals surface area contributed by atoms with Gasteiger partial charge in [-0.15, -0.1) is 0 Å². The third-order valence-corrected chi connectivity index (χ3v) is 2.95. The molecule has 2 rings (SSSR count). The summed E-state index contributed by atoms with van der Waals surface area (Å²) in [6, 6.07) is 12.1. The van der Waals surface area contributed by atoms with Gasteiger partial charge in [-0.25, -0.2) is 0 Å². The van der Waals surface area contributed by atoms with Gasteiger partial charge in [-0.2, -0.15) is 0 Å². The lowest BCUT2D eigenvalue weighted by molar-refractivity contribution is 0.103. The molecular weight excluding hydrogens is 256 g/mol. The Morgan fingerprint density at radius 1 is 0.750 bits per heavy atom. The maximum Gasteiger partial charge on any atom is 0.193 e. The number of hydrogen-bond acceptors (Lipinski definition) is 4. The van der Waals surface area contributed by atoms with Gasteiger partial charge < -0.3 is 14.2 Å². The van der Waals surface area contributed by atoms with E-state index in [-0.39, 0.29) is 5.78 Å². The highest BCUT2D eigenvalue weighted by Crippen LogP contribution is 2.25. The van der Waals surface area contributed by atoms with Crippen LogP contribution in [0.4, 0.5) is 0 Å². The van der Waals surface area contributed by atoms with Gasteiger partial charge in [0.05, 0.1) is 21.3 Å². The molecule has 0 fully saturated rings. The van der Waals surface area contributed by atoms with Crippen LogP contribution in [-0.4, -0.2) is 27.1 Å². The summed E-state index contributed by atoms with van der Waals surface area (Å²) >= 11 is 0. The van der Waals surface area contributed by atoms with Gasteiger partial charge in [-0.05, 0) is 24.3 Å². The molecule has 0 bridgehead atoms. The predicted molar refractivity (Wildman–Crippen MR) is 76.0 cm³/mol. The highest BCUT2D eigenvalue weighted by atomic mass is 16.5. The number of benzene rings is 2. The van der Waals surface area contributed by atoms with Gasteiger partial charge in [0, 0.05) is 17.2 Å². The van der Waals surface area contributed by atoms with E-state index < -0.39 is 0 Å². The van der Waals surface area contributed by atoms with Crippen molar-refractivity contribution in [2.24, 2.45) is 0 Å². The molecule has 0 amide bonds. The van der Waals surface area contributed by atoms with Gasteiger partial charge in [0.1, 0.15) is 17.2 Å². The molecule has 20 heavy (non-hydrogen) atoms. The summed E-state index contributed by atoms with van der Waals surface area (Å²) in [5.41, 5.74) is 1.06. The van der Waals surface area contributed by atoms with Crippen LogP contribution < -0.4 is 14.2 Å². The first-order chi connectivity index (χ1) is 9.67. The number of ether oxygens (including phenoxy) is 3. The Kier molecular flexibility index (Phi) is 4.25. The second-order valence-electron chi connectivity index (χ2n) is 4.16. The van der Waals surface area contributed by atoms with Crippen molar-refractivity contribution in [1.82, 2.24) is 0 Å². The van der Waals surface area contributed by atoms with E-state index in [1.54, 1.807) is 63.8 Å². The number of carbonyl (C=O) groups is 1. The fourth-order valence-electron chi connectivity index (χ4n) is 1.87. The minimum atomic E-state index is -0.110. The van der Waals surface area contributed by atoms with Crippen LogP contribution in [0.3, 0.4) is 0 Å². The van der Waals surface area contributed by atoms with Gasteiger partial charge in [-0.1, -0.05) is 12.1 Å². The van der Waals surface area contributed by atoms with Crippen LogP contribution in [0, 0.1) is 0 Å². The van der Waals surface area contributed by atoms with Gasteiger partial charge in [-0.3, -0.25) is 4.79 Å². The molecule has 0 atom stereocenters. The van der Waals surface area contributed by atoms with Crippen molar-refractivity contribution in [3.8, 4) is 17.2 Å². The van der Waals surface area contributed by atoms with Crippen LogP contribution in [0.2, 0.25) is 0 Å². The van der Waals surface area contributed by atoms with Crippen molar-refractivity contribution in [1.29, 1.82) is 0 Å². The lowest BCUT2D eigenvalue weighted by atomic mass is 10.0. The van der Waals surface area contributed by atoms with E-state index in [2.05, 4.69) is 0 Å². The van der Waals surface area contributed by atoms with Crippen molar-refractivity contribution in [3.05, 3.63) is 53.6 Å². The summed E-state index contributed by atoms with van der Waals surface area (Å²) in [5.74, 6) is 1.69. The molecule has 0 aromatic heterocycles. The highest BCUT2D eigenvalue weighted by Gasteiger charge is 2.12. The molecule has 2 aromatic carbocycles. The largest absolute Gasteiger partial charge is 0.497 e. The normalized spacial score (nSPS) is 9.95. The highest BCUT2D eigenvalue weighted by molar-refractivity contribution is 6.09. The van der Waals surface area contributed by atoms with E-state index in [9.17, 15) is 4.79 Å². The number of carbonyl (C=O) groups excluding carboxylic acids is 1. The van der Waals surface area contributed by atoms with Gasteiger partial charge in [0.2, 0.25) is 0 Å². The molecule has 0 radical (unpaired) electrons. The third-order valence-electron chi connectivity index (χ3n) is 2.95. The molecule has 0 aliphatic carbocycles. The minimum absolute atomic E-state index is 0.110. The van der Waals surface area contributed by atoms with E-state index >= 15 is 0 Å². The van der Waals surface area contributed by atoms with Crippen LogP contribution in [0.1, 0.15) is 15.9 Å². The molecule has 4 nitrogen and oxygen atoms in total. The number of methoxy groups -OCH3 is 3. The molecule has 0 unspecified atom stereocenters. The van der Waals surface area contributed by atoms with Gasteiger partial charge >= 0.3 is 0 Å². The molecule has 0 saturated carbocycles. The fraction of sp³-hybridized carbons (Fsp3) is 0.188. The minimum Gasteiger partial charge on any atom is -0.497 e. The number of ketones is 1. The molecule has 0 spiro atoms. The second-order valence-corrected chi connectivity index (χ2v) is 4.16. The molecule has 4 heteroatoms. The van der Waals surface area contributed by atoms with Crippen LogP contribution in [-0.2, 0) is 0 Å². The second kappa shape index (κ2) is 6.10. The average molecular weight is 272 g/mol. The zero-order chi connectivity index (χ0) is 14.5. The first-order valence-electron chi connectivity index (χ1n) is 6.09. The Morgan fingerprint density at radius 3 is 1.85 bits per heavy atom. The fourth-order valence-corrected chi connectivity index (χ4v) is 1.87. The van der Waals surface area contributed by atoms with Gasteiger partial charge in [0.25, 0.3) is 0 Å². The van der Waals surface area contributed by atoms with Crippen molar-refractivity contribution < 1.29 is 19.0 Å². The maximum atomic E-state index is 12.5. The Labute approximate surface area is 117 Å². The zero-order valence-corrected chi connectivity index (χ0v) is 11.7. The maximum absolute atomic E-state index is 12.5. The standard InChI is InChI=1S/C16H16O4/c1-18-13-6-4-5-11(7-13)16(17)12-8-14(19-2)10-15(9-12)20-3/h4-10H,1-3H3. The molecule has 104 valence electrons. The Hall–Kier alpha value is -2.49. The van der Waals surface area contributed by atoms with Crippen LogP contribution in [0.25, 0.3) is 0 Å². The van der Waals surface area contributed by atoms with Crippen LogP contribution in [0.5, 0.6) is 17.2 Å². The molecular formula is C16H16O4. The molecule has 0 aliphatic rings. The SMILES string of the molecule is COc1cccc(C(=O)c2cc(OC)cc(OC)c2)c1. The van der Waals surface area contributed by atoms with Crippen molar-refractivity contribution in [2.75, 3.05) is 21.3 Å². The Balaban J connectivity index is 2.41. The summed E-state index contributed by atoms with van der Waals surface area (Å²) in [6.45, 7) is 0. The van der Waals surface area contributed by atoms with E-state index in [0.717, 1.165) is 0 Å². The summed E-state index contributed by atoms with van der Waals surface area (Å²) in [6.07, 6.45) is 0. The molecule has 0 N–H and O–H groups in total. The number of hydrogen-bond donors (Lipinski definition) is 0. The first kappa shape index (κ1) is 13.9. The lowest BCUT2D eigenvalue weighted by Gasteiger charge is -2.08. The monoisotopic (exact) mass is 272 g/mol. The van der Waals surface area contributed by atoms with Crippen molar-refractivity contribution in [3.63, 3.8) is 0 Å². The Morgan fingerprint density at radius 2 is 1.30 bits per heavy atom. The quantitative estimate of drug-likeness (QED) is 0.785. The molecule has 0 saturated heterocycles. The predicted octanol–water partition coefficient (Wildman–Crippen LogP) is 2.94. The van der Waals surface area contributed by atoms with Crippen molar-refractivity contribution in [2.45, 2.75) is 0 Å².